The van der Waals surface area contributed by atoms with E-state index in [0.29, 0.717) is 5.69 Å². The Kier molecular flexibility index (Phi) is 2.76. The highest BCUT2D eigenvalue weighted by atomic mass is 79.9. The third-order valence-corrected chi connectivity index (χ3v) is 8.20. The number of fused-ring (bicyclic) bond motifs is 5. The molecule has 24 heavy (non-hydrogen) atoms. The molecule has 2 aliphatic rings. The Morgan fingerprint density at radius 2 is 1.25 bits per heavy atom. The molecule has 5 nitrogen and oxygen atoms in total. The second-order valence-corrected chi connectivity index (χ2v) is 8.84. The summed E-state index contributed by atoms with van der Waals surface area (Å²) in [7, 11) is 0. The van der Waals surface area contributed by atoms with Gasteiger partial charge < -0.3 is 0 Å². The molecule has 126 valence electrons. The Morgan fingerprint density at radius 3 is 1.67 bits per heavy atom. The summed E-state index contributed by atoms with van der Waals surface area (Å²) in [5, 5.41) is 0. The van der Waals surface area contributed by atoms with Gasteiger partial charge in [-0.05, 0) is 57.9 Å². The van der Waals surface area contributed by atoms with Crippen molar-refractivity contribution >= 4 is 15.9 Å². The van der Waals surface area contributed by atoms with Crippen LogP contribution in [0.15, 0.2) is 51.1 Å². The zero-order valence-corrected chi connectivity index (χ0v) is 16.0. The summed E-state index contributed by atoms with van der Waals surface area (Å²) in [4.78, 5) is 26.4. The quantitative estimate of drug-likeness (QED) is 0.556. The molecule has 1 aromatic heterocycles. The molecule has 1 aliphatic carbocycles. The van der Waals surface area contributed by atoms with Gasteiger partial charge in [0.2, 0.25) is 0 Å². The second-order valence-electron chi connectivity index (χ2n) is 7.26. The van der Waals surface area contributed by atoms with E-state index in [-0.39, 0.29) is 11.4 Å². The van der Waals surface area contributed by atoms with E-state index >= 15 is 0 Å². The van der Waals surface area contributed by atoms with Gasteiger partial charge in [-0.2, -0.15) is 0 Å². The molecule has 0 amide bonds. The zero-order chi connectivity index (χ0) is 17.7. The average molecular weight is 390 g/mol. The smallest absolute Gasteiger partial charge is 0.245 e. The maximum Gasteiger partial charge on any atom is 0.352 e. The molecule has 0 N–H and O–H groups in total. The topological polar surface area (TPSA) is 48.9 Å². The molecule has 2 aromatic rings. The zero-order valence-electron chi connectivity index (χ0n) is 14.4. The maximum absolute atomic E-state index is 13.2. The van der Waals surface area contributed by atoms with Crippen LogP contribution in [0.3, 0.4) is 0 Å². The molecule has 4 rings (SSSR count). The average Bonchev–Trinajstić information content (AvgIpc) is 2.93. The fraction of sp³-hybridized carbons (Fsp3) is 0.444. The number of aromatic nitrogens is 3. The van der Waals surface area contributed by atoms with Gasteiger partial charge in [-0.1, -0.05) is 34.1 Å². The van der Waals surface area contributed by atoms with Gasteiger partial charge in [0, 0.05) is 0 Å². The number of hydrogen-bond acceptors (Lipinski definition) is 2. The molecule has 0 fully saturated rings. The highest BCUT2D eigenvalue weighted by Crippen LogP contribution is 2.64. The molecule has 0 spiro atoms. The van der Waals surface area contributed by atoms with Crippen molar-refractivity contribution < 1.29 is 0 Å². The summed E-state index contributed by atoms with van der Waals surface area (Å²) in [5.41, 5.74) is 1.09. The summed E-state index contributed by atoms with van der Waals surface area (Å²) in [6, 6.07) is 9.10. The van der Waals surface area contributed by atoms with Gasteiger partial charge in [0.05, 0.1) is 10.0 Å². The summed E-state index contributed by atoms with van der Waals surface area (Å²) >= 11 is 3.87. The third kappa shape index (κ3) is 1.28. The predicted molar refractivity (Wildman–Crippen MR) is 97.3 cm³/mol. The first kappa shape index (κ1) is 15.7. The van der Waals surface area contributed by atoms with Crippen LogP contribution in [-0.4, -0.2) is 18.3 Å². The highest BCUT2D eigenvalue weighted by Gasteiger charge is 2.71. The van der Waals surface area contributed by atoms with Crippen LogP contribution in [0.1, 0.15) is 34.6 Å². The number of para-hydroxylation sites is 1. The van der Waals surface area contributed by atoms with Crippen LogP contribution in [0.4, 0.5) is 0 Å². The fourth-order valence-corrected chi connectivity index (χ4v) is 5.58. The summed E-state index contributed by atoms with van der Waals surface area (Å²) < 4.78 is 4.10. The lowest BCUT2D eigenvalue weighted by Gasteiger charge is -2.37. The van der Waals surface area contributed by atoms with Crippen LogP contribution >= 0.6 is 15.9 Å². The molecule has 0 saturated carbocycles. The summed E-state index contributed by atoms with van der Waals surface area (Å²) in [5.74, 6) is 0. The highest BCUT2D eigenvalue weighted by molar-refractivity contribution is 9.10. The van der Waals surface area contributed by atoms with Crippen molar-refractivity contribution in [2.45, 2.75) is 50.0 Å². The molecule has 2 heterocycles. The molecule has 1 aromatic carbocycles. The number of alkyl halides is 1. The number of benzene rings is 1. The van der Waals surface area contributed by atoms with Gasteiger partial charge in [0.15, 0.2) is 0 Å². The molecule has 2 bridgehead atoms. The minimum Gasteiger partial charge on any atom is -0.245 e. The lowest BCUT2D eigenvalue weighted by Crippen LogP contribution is -2.51. The Hall–Kier alpha value is -1.82. The van der Waals surface area contributed by atoms with E-state index in [1.165, 1.54) is 4.57 Å². The Labute approximate surface area is 148 Å². The van der Waals surface area contributed by atoms with Crippen molar-refractivity contribution in [1.82, 2.24) is 13.9 Å². The Morgan fingerprint density at radius 1 is 0.833 bits per heavy atom. The van der Waals surface area contributed by atoms with E-state index < -0.39 is 15.4 Å². The van der Waals surface area contributed by atoms with E-state index in [0.717, 1.165) is 11.1 Å². The number of rotatable bonds is 1. The first-order valence-electron chi connectivity index (χ1n) is 8.02. The minimum atomic E-state index is -0.595. The standard InChI is InChI=1S/C18H20BrN3O2/c1-11-12(2)17(4)18(5,19)16(11,3)21-14(23)20(15(24)22(17)21)13-9-7-6-8-10-13/h6-10H,1-5H3/t16-,17+,18?. The third-order valence-electron chi connectivity index (χ3n) is 6.66. The molecule has 3 atom stereocenters. The van der Waals surface area contributed by atoms with E-state index in [2.05, 4.69) is 36.7 Å². The van der Waals surface area contributed by atoms with E-state index in [1.807, 2.05) is 32.0 Å². The van der Waals surface area contributed by atoms with Crippen LogP contribution in [0.5, 0.6) is 0 Å². The van der Waals surface area contributed by atoms with Crippen LogP contribution in [0.2, 0.25) is 0 Å². The normalized spacial score (nSPS) is 34.1. The van der Waals surface area contributed by atoms with Crippen molar-refractivity contribution in [2.24, 2.45) is 0 Å². The van der Waals surface area contributed by atoms with Gasteiger partial charge in [-0.15, -0.1) is 0 Å². The number of allylic oxidation sites excluding steroid dienone is 2. The van der Waals surface area contributed by atoms with E-state index in [1.54, 1.807) is 21.5 Å². The lowest BCUT2D eigenvalue weighted by molar-refractivity contribution is 0.316. The van der Waals surface area contributed by atoms with E-state index in [4.69, 9.17) is 0 Å². The van der Waals surface area contributed by atoms with Crippen molar-refractivity contribution in [2.75, 3.05) is 0 Å². The van der Waals surface area contributed by atoms with Gasteiger partial charge in [-0.25, -0.2) is 23.5 Å². The van der Waals surface area contributed by atoms with Crippen molar-refractivity contribution in [3.05, 3.63) is 62.4 Å². The lowest BCUT2D eigenvalue weighted by atomic mass is 9.80. The number of hydrogen-bond donors (Lipinski definition) is 0. The van der Waals surface area contributed by atoms with Crippen molar-refractivity contribution in [3.8, 4) is 5.69 Å². The van der Waals surface area contributed by atoms with Gasteiger partial charge in [0.25, 0.3) is 0 Å². The maximum atomic E-state index is 13.2. The largest absolute Gasteiger partial charge is 0.352 e. The van der Waals surface area contributed by atoms with E-state index in [9.17, 15) is 9.59 Å². The van der Waals surface area contributed by atoms with Crippen LogP contribution in [0, 0.1) is 0 Å². The molecule has 0 radical (unpaired) electrons. The van der Waals surface area contributed by atoms with Gasteiger partial charge in [0.1, 0.15) is 11.1 Å². The molecule has 0 saturated heterocycles. The first-order valence-corrected chi connectivity index (χ1v) is 8.82. The Balaban J connectivity index is 2.17. The van der Waals surface area contributed by atoms with Gasteiger partial charge in [-0.3, -0.25) is 0 Å². The number of halogens is 1. The minimum absolute atomic E-state index is 0.296. The van der Waals surface area contributed by atoms with Crippen LogP contribution < -0.4 is 11.4 Å². The monoisotopic (exact) mass is 389 g/mol. The fourth-order valence-electron chi connectivity index (χ4n) is 4.65. The molecule has 6 heteroatoms. The second kappa shape index (κ2) is 4.23. The van der Waals surface area contributed by atoms with Crippen LogP contribution in [-0.2, 0) is 11.1 Å². The number of nitrogens with zero attached hydrogens (tertiary/aromatic N) is 3. The Bertz CT molecular complexity index is 965. The van der Waals surface area contributed by atoms with Crippen molar-refractivity contribution in [1.29, 1.82) is 0 Å². The summed E-state index contributed by atoms with van der Waals surface area (Å²) in [6.45, 7) is 10.2. The molecular formula is C18H20BrN3O2. The predicted octanol–water partition coefficient (Wildman–Crippen LogP) is 2.75. The van der Waals surface area contributed by atoms with Crippen LogP contribution in [0.25, 0.3) is 5.69 Å². The molecular weight excluding hydrogens is 370 g/mol. The van der Waals surface area contributed by atoms with Gasteiger partial charge >= 0.3 is 11.4 Å². The SMILES string of the molecule is CC1=C(C)[C@]2(C)n3c(=O)n(-c4ccccc4)c(=O)n3[C@@]1(C)C2(C)Br. The molecule has 1 unspecified atom stereocenters. The van der Waals surface area contributed by atoms with Crippen molar-refractivity contribution in [3.63, 3.8) is 0 Å². The summed E-state index contributed by atoms with van der Waals surface area (Å²) in [6.07, 6.45) is 0. The molecule has 1 aliphatic heterocycles. The first-order chi connectivity index (χ1) is 11.1.